The second kappa shape index (κ2) is 4.46. The van der Waals surface area contributed by atoms with E-state index in [0.29, 0.717) is 17.5 Å². The van der Waals surface area contributed by atoms with E-state index in [1.165, 1.54) is 0 Å². The summed E-state index contributed by atoms with van der Waals surface area (Å²) in [6.45, 7) is 0.562. The van der Waals surface area contributed by atoms with Crippen LogP contribution < -0.4 is 5.32 Å². The molecule has 0 aliphatic carbocycles. The molecular formula is C7H7BrClN5S. The minimum Gasteiger partial charge on any atom is -0.361 e. The Kier molecular flexibility index (Phi) is 3.22. The van der Waals surface area contributed by atoms with Crippen LogP contribution in [0.1, 0.15) is 5.69 Å². The average Bonchev–Trinajstić information content (AvgIpc) is 2.70. The number of rotatable bonds is 3. The molecular weight excluding hydrogens is 302 g/mol. The Hall–Kier alpha value is -0.660. The molecule has 2 heterocycles. The van der Waals surface area contributed by atoms with Crippen molar-refractivity contribution in [3.05, 3.63) is 21.5 Å². The molecule has 80 valence electrons. The quantitative estimate of drug-likeness (QED) is 0.945. The van der Waals surface area contributed by atoms with Gasteiger partial charge in [0.25, 0.3) is 0 Å². The molecule has 0 amide bonds. The van der Waals surface area contributed by atoms with Crippen LogP contribution >= 0.6 is 39.3 Å². The molecule has 0 saturated heterocycles. The van der Waals surface area contributed by atoms with E-state index in [0.717, 1.165) is 21.9 Å². The SMILES string of the molecule is Cn1cc(Br)c(CNc2nsnc2Cl)n1. The fourth-order valence-electron chi connectivity index (χ4n) is 1.08. The Bertz CT molecular complexity index is 468. The third kappa shape index (κ3) is 2.47. The molecule has 0 spiro atoms. The van der Waals surface area contributed by atoms with Crippen LogP contribution in [0, 0.1) is 0 Å². The average molecular weight is 309 g/mol. The summed E-state index contributed by atoms with van der Waals surface area (Å²) in [5.74, 6) is 0.596. The molecule has 15 heavy (non-hydrogen) atoms. The monoisotopic (exact) mass is 307 g/mol. The normalized spacial score (nSPS) is 10.6. The summed E-state index contributed by atoms with van der Waals surface area (Å²) in [7, 11) is 1.87. The third-order valence-electron chi connectivity index (χ3n) is 1.73. The Morgan fingerprint density at radius 3 is 2.93 bits per heavy atom. The van der Waals surface area contributed by atoms with E-state index < -0.39 is 0 Å². The van der Waals surface area contributed by atoms with Crippen LogP contribution in [0.25, 0.3) is 0 Å². The number of hydrogen-bond donors (Lipinski definition) is 1. The fraction of sp³-hybridized carbons (Fsp3) is 0.286. The Labute approximate surface area is 104 Å². The largest absolute Gasteiger partial charge is 0.361 e. The third-order valence-corrected chi connectivity index (χ3v) is 3.28. The van der Waals surface area contributed by atoms with Gasteiger partial charge in [0, 0.05) is 13.2 Å². The summed E-state index contributed by atoms with van der Waals surface area (Å²) in [5.41, 5.74) is 0.904. The van der Waals surface area contributed by atoms with Crippen molar-refractivity contribution < 1.29 is 0 Å². The zero-order chi connectivity index (χ0) is 10.8. The molecule has 0 aliphatic heterocycles. The Morgan fingerprint density at radius 1 is 1.60 bits per heavy atom. The van der Waals surface area contributed by atoms with E-state index in [2.05, 4.69) is 35.1 Å². The lowest BCUT2D eigenvalue weighted by Gasteiger charge is -1.99. The van der Waals surface area contributed by atoms with Crippen LogP contribution in [0.2, 0.25) is 5.15 Å². The zero-order valence-corrected chi connectivity index (χ0v) is 10.9. The van der Waals surface area contributed by atoms with E-state index in [9.17, 15) is 0 Å². The molecule has 0 unspecified atom stereocenters. The van der Waals surface area contributed by atoms with Crippen LogP contribution in [-0.2, 0) is 13.6 Å². The second-order valence-corrected chi connectivity index (χ2v) is 4.60. The van der Waals surface area contributed by atoms with Crippen molar-refractivity contribution in [1.82, 2.24) is 18.5 Å². The topological polar surface area (TPSA) is 55.6 Å². The Morgan fingerprint density at radius 2 is 2.40 bits per heavy atom. The molecule has 0 atom stereocenters. The maximum absolute atomic E-state index is 5.79. The summed E-state index contributed by atoms with van der Waals surface area (Å²) < 4.78 is 10.6. The highest BCUT2D eigenvalue weighted by atomic mass is 79.9. The van der Waals surface area contributed by atoms with Gasteiger partial charge in [-0.25, -0.2) is 0 Å². The molecule has 0 bridgehead atoms. The highest BCUT2D eigenvalue weighted by Crippen LogP contribution is 2.20. The maximum Gasteiger partial charge on any atom is 0.186 e. The van der Waals surface area contributed by atoms with Crippen molar-refractivity contribution in [2.24, 2.45) is 7.05 Å². The van der Waals surface area contributed by atoms with Gasteiger partial charge >= 0.3 is 0 Å². The molecule has 0 aliphatic rings. The molecule has 8 heteroatoms. The van der Waals surface area contributed by atoms with Gasteiger partial charge in [0.05, 0.1) is 28.4 Å². The number of nitrogens with zero attached hydrogens (tertiary/aromatic N) is 4. The van der Waals surface area contributed by atoms with Gasteiger partial charge in [-0.3, -0.25) is 4.68 Å². The number of anilines is 1. The van der Waals surface area contributed by atoms with Gasteiger partial charge in [-0.1, -0.05) is 11.6 Å². The first-order chi connectivity index (χ1) is 7.16. The molecule has 5 nitrogen and oxygen atoms in total. The van der Waals surface area contributed by atoms with Gasteiger partial charge < -0.3 is 5.32 Å². The molecule has 2 aromatic rings. The van der Waals surface area contributed by atoms with Crippen LogP contribution in [0.15, 0.2) is 10.7 Å². The molecule has 0 radical (unpaired) electrons. The van der Waals surface area contributed by atoms with E-state index >= 15 is 0 Å². The van der Waals surface area contributed by atoms with E-state index in [1.54, 1.807) is 4.68 Å². The standard InChI is InChI=1S/C7H7BrClN5S/c1-14-3-4(8)5(11-14)2-10-7-6(9)12-15-13-7/h3H,2H2,1H3,(H,10,13). The molecule has 0 aromatic carbocycles. The number of halogens is 2. The first-order valence-corrected chi connectivity index (χ1v) is 5.97. The van der Waals surface area contributed by atoms with Crippen molar-refractivity contribution in [2.45, 2.75) is 6.54 Å². The highest BCUT2D eigenvalue weighted by molar-refractivity contribution is 9.10. The second-order valence-electron chi connectivity index (χ2n) is 2.85. The summed E-state index contributed by atoms with van der Waals surface area (Å²) in [6, 6.07) is 0. The lowest BCUT2D eigenvalue weighted by molar-refractivity contribution is 0.747. The smallest absolute Gasteiger partial charge is 0.186 e. The lowest BCUT2D eigenvalue weighted by Crippen LogP contribution is -2.02. The van der Waals surface area contributed by atoms with Crippen molar-refractivity contribution >= 4 is 45.1 Å². The number of nitrogens with one attached hydrogen (secondary N) is 1. The van der Waals surface area contributed by atoms with Crippen molar-refractivity contribution in [1.29, 1.82) is 0 Å². The highest BCUT2D eigenvalue weighted by Gasteiger charge is 2.08. The van der Waals surface area contributed by atoms with Crippen LogP contribution in [0.5, 0.6) is 0 Å². The summed E-state index contributed by atoms with van der Waals surface area (Å²) in [6.07, 6.45) is 1.89. The van der Waals surface area contributed by atoms with Crippen molar-refractivity contribution in [2.75, 3.05) is 5.32 Å². The first-order valence-electron chi connectivity index (χ1n) is 4.07. The first kappa shape index (κ1) is 10.8. The predicted octanol–water partition coefficient (Wildman–Crippen LogP) is 2.30. The van der Waals surface area contributed by atoms with E-state index in [4.69, 9.17) is 11.6 Å². The van der Waals surface area contributed by atoms with E-state index in [1.807, 2.05) is 13.2 Å². The summed E-state index contributed by atoms with van der Waals surface area (Å²) in [5, 5.41) is 7.72. The zero-order valence-electron chi connectivity index (χ0n) is 7.74. The molecule has 0 fully saturated rings. The Balaban J connectivity index is 2.05. The van der Waals surface area contributed by atoms with Crippen molar-refractivity contribution in [3.8, 4) is 0 Å². The lowest BCUT2D eigenvalue weighted by atomic mass is 10.4. The summed E-state index contributed by atoms with van der Waals surface area (Å²) >= 11 is 10.3. The van der Waals surface area contributed by atoms with Crippen molar-refractivity contribution in [3.63, 3.8) is 0 Å². The molecule has 1 N–H and O–H groups in total. The van der Waals surface area contributed by atoms with E-state index in [-0.39, 0.29) is 0 Å². The van der Waals surface area contributed by atoms with Gasteiger partial charge in [0.1, 0.15) is 0 Å². The molecule has 2 aromatic heterocycles. The van der Waals surface area contributed by atoms with Gasteiger partial charge in [0.15, 0.2) is 11.0 Å². The van der Waals surface area contributed by atoms with Gasteiger partial charge in [0.2, 0.25) is 0 Å². The van der Waals surface area contributed by atoms with Crippen LogP contribution in [0.3, 0.4) is 0 Å². The molecule has 0 saturated carbocycles. The minimum atomic E-state index is 0.395. The molecule has 2 rings (SSSR count). The number of aromatic nitrogens is 4. The minimum absolute atomic E-state index is 0.395. The number of aryl methyl sites for hydroxylation is 1. The van der Waals surface area contributed by atoms with Crippen LogP contribution in [0.4, 0.5) is 5.82 Å². The predicted molar refractivity (Wildman–Crippen MR) is 63.2 cm³/mol. The van der Waals surface area contributed by atoms with Gasteiger partial charge in [-0.15, -0.1) is 0 Å². The summed E-state index contributed by atoms with van der Waals surface area (Å²) in [4.78, 5) is 0. The van der Waals surface area contributed by atoms with Gasteiger partial charge in [-0.05, 0) is 15.9 Å². The fourth-order valence-corrected chi connectivity index (χ4v) is 2.28. The maximum atomic E-state index is 5.79. The van der Waals surface area contributed by atoms with Crippen LogP contribution in [-0.4, -0.2) is 18.5 Å². The number of hydrogen-bond acceptors (Lipinski definition) is 5. The van der Waals surface area contributed by atoms with Gasteiger partial charge in [-0.2, -0.15) is 13.8 Å².